The number of amides is 3. The van der Waals surface area contributed by atoms with E-state index in [2.05, 4.69) is 19.1 Å². The molecule has 2 saturated heterocycles. The van der Waals surface area contributed by atoms with Crippen LogP contribution in [0.25, 0.3) is 0 Å². The average molecular weight is 352 g/mol. The standard InChI is InChI=1S/C12H21N2O8P/c1-12(2)10(15)13(11(16)14(12)7-9-8-20-9)5-6-23(17,21-18-3)22-19-4/h9H,5-8H2,1-4H3. The molecule has 0 aromatic heterocycles. The predicted molar refractivity (Wildman–Crippen MR) is 76.3 cm³/mol. The van der Waals surface area contributed by atoms with Crippen LogP contribution in [0.1, 0.15) is 13.8 Å². The maximum atomic E-state index is 12.5. The van der Waals surface area contributed by atoms with Gasteiger partial charge in [0.2, 0.25) is 0 Å². The van der Waals surface area contributed by atoms with Crippen LogP contribution in [0.5, 0.6) is 0 Å². The van der Waals surface area contributed by atoms with E-state index in [1.54, 1.807) is 13.8 Å². The summed E-state index contributed by atoms with van der Waals surface area (Å²) in [7, 11) is -1.41. The van der Waals surface area contributed by atoms with Crippen LogP contribution >= 0.6 is 7.60 Å². The number of hydrogen-bond acceptors (Lipinski definition) is 8. The topological polar surface area (TPSA) is 107 Å². The highest BCUT2D eigenvalue weighted by molar-refractivity contribution is 7.53. The van der Waals surface area contributed by atoms with Crippen molar-refractivity contribution in [1.82, 2.24) is 9.80 Å². The molecule has 132 valence electrons. The highest BCUT2D eigenvalue weighted by atomic mass is 31.2. The number of carbonyl (C=O) groups is 2. The summed E-state index contributed by atoms with van der Waals surface area (Å²) < 4.78 is 26.5. The molecule has 0 aliphatic carbocycles. The van der Waals surface area contributed by atoms with Crippen molar-refractivity contribution in [2.45, 2.75) is 25.5 Å². The third kappa shape index (κ3) is 3.90. The van der Waals surface area contributed by atoms with E-state index in [1.807, 2.05) is 0 Å². The second kappa shape index (κ2) is 6.84. The van der Waals surface area contributed by atoms with Crippen LogP contribution in [-0.4, -0.2) is 73.5 Å². The van der Waals surface area contributed by atoms with Crippen LogP contribution in [0.15, 0.2) is 0 Å². The fourth-order valence-electron chi connectivity index (χ4n) is 2.33. The van der Waals surface area contributed by atoms with Crippen molar-refractivity contribution in [2.75, 3.05) is 40.1 Å². The Bertz CT molecular complexity index is 511. The third-order valence-corrected chi connectivity index (χ3v) is 5.17. The van der Waals surface area contributed by atoms with E-state index in [0.717, 1.165) is 19.1 Å². The molecule has 2 heterocycles. The fourth-order valence-corrected chi connectivity index (χ4v) is 3.41. The van der Waals surface area contributed by atoms with Crippen molar-refractivity contribution in [3.05, 3.63) is 0 Å². The van der Waals surface area contributed by atoms with E-state index in [0.29, 0.717) is 13.2 Å². The molecule has 0 spiro atoms. The molecule has 0 aromatic rings. The molecule has 0 radical (unpaired) electrons. The Balaban J connectivity index is 2.05. The number of rotatable bonds is 9. The van der Waals surface area contributed by atoms with Crippen LogP contribution < -0.4 is 0 Å². The molecular weight excluding hydrogens is 331 g/mol. The van der Waals surface area contributed by atoms with Gasteiger partial charge in [-0.15, -0.1) is 9.35 Å². The van der Waals surface area contributed by atoms with Crippen LogP contribution in [0.4, 0.5) is 4.79 Å². The summed E-state index contributed by atoms with van der Waals surface area (Å²) in [4.78, 5) is 36.1. The van der Waals surface area contributed by atoms with Gasteiger partial charge in [0, 0.05) is 6.54 Å². The van der Waals surface area contributed by atoms with Crippen LogP contribution in [0, 0.1) is 0 Å². The van der Waals surface area contributed by atoms with Gasteiger partial charge in [0.05, 0.1) is 39.6 Å². The molecule has 0 N–H and O–H groups in total. The van der Waals surface area contributed by atoms with Gasteiger partial charge in [-0.1, -0.05) is 0 Å². The minimum atomic E-state index is -3.74. The quantitative estimate of drug-likeness (QED) is 0.197. The van der Waals surface area contributed by atoms with Crippen molar-refractivity contribution in [3.63, 3.8) is 0 Å². The largest absolute Gasteiger partial charge is 0.386 e. The lowest BCUT2D eigenvalue weighted by Gasteiger charge is -2.26. The van der Waals surface area contributed by atoms with Gasteiger partial charge in [-0.25, -0.2) is 14.6 Å². The van der Waals surface area contributed by atoms with Crippen molar-refractivity contribution < 1.29 is 38.0 Å². The van der Waals surface area contributed by atoms with Crippen molar-refractivity contribution in [2.24, 2.45) is 0 Å². The predicted octanol–water partition coefficient (Wildman–Crippen LogP) is 0.777. The Morgan fingerprint density at radius 1 is 1.26 bits per heavy atom. The molecule has 1 unspecified atom stereocenters. The van der Waals surface area contributed by atoms with Gasteiger partial charge in [-0.05, 0) is 13.8 Å². The molecule has 11 heteroatoms. The highest BCUT2D eigenvalue weighted by Crippen LogP contribution is 2.48. The molecule has 2 aliphatic heterocycles. The maximum absolute atomic E-state index is 12.5. The second-order valence-corrected chi connectivity index (χ2v) is 7.65. The van der Waals surface area contributed by atoms with Gasteiger partial charge in [-0.3, -0.25) is 14.3 Å². The summed E-state index contributed by atoms with van der Waals surface area (Å²) in [5.74, 6) is -0.385. The Hall–Kier alpha value is -1.03. The van der Waals surface area contributed by atoms with Crippen LogP contribution in [-0.2, 0) is 33.2 Å². The second-order valence-electron chi connectivity index (χ2n) is 5.68. The Morgan fingerprint density at radius 2 is 1.83 bits per heavy atom. The number of carbonyl (C=O) groups excluding carboxylic acids is 2. The Morgan fingerprint density at radius 3 is 2.30 bits per heavy atom. The molecule has 1 atom stereocenters. The number of imide groups is 1. The molecule has 10 nitrogen and oxygen atoms in total. The van der Waals surface area contributed by atoms with E-state index >= 15 is 0 Å². The molecule has 2 fully saturated rings. The van der Waals surface area contributed by atoms with Crippen molar-refractivity contribution >= 4 is 19.5 Å². The number of urea groups is 1. The minimum Gasteiger partial charge on any atom is -0.371 e. The van der Waals surface area contributed by atoms with Gasteiger partial charge >= 0.3 is 13.6 Å². The molecule has 2 rings (SSSR count). The summed E-state index contributed by atoms with van der Waals surface area (Å²) >= 11 is 0. The summed E-state index contributed by atoms with van der Waals surface area (Å²) in [6.45, 7) is 4.09. The van der Waals surface area contributed by atoms with Gasteiger partial charge in [0.15, 0.2) is 0 Å². The summed E-state index contributed by atoms with van der Waals surface area (Å²) in [6.07, 6.45) is -0.290. The summed E-state index contributed by atoms with van der Waals surface area (Å²) in [5, 5.41) is 0. The average Bonchev–Trinajstić information content (AvgIpc) is 3.26. The highest BCUT2D eigenvalue weighted by Gasteiger charge is 2.52. The molecule has 2 aliphatic rings. The monoisotopic (exact) mass is 352 g/mol. The zero-order chi connectivity index (χ0) is 17.3. The van der Waals surface area contributed by atoms with Crippen molar-refractivity contribution in [3.8, 4) is 0 Å². The zero-order valence-electron chi connectivity index (χ0n) is 13.5. The number of nitrogens with zero attached hydrogens (tertiary/aromatic N) is 2. The van der Waals surface area contributed by atoms with E-state index in [4.69, 9.17) is 4.74 Å². The molecule has 23 heavy (non-hydrogen) atoms. The van der Waals surface area contributed by atoms with E-state index in [-0.39, 0.29) is 24.7 Å². The first-order chi connectivity index (χ1) is 10.7. The smallest absolute Gasteiger partial charge is 0.371 e. The first-order valence-corrected chi connectivity index (χ1v) is 8.77. The lowest BCUT2D eigenvalue weighted by Crippen LogP contribution is -2.45. The van der Waals surface area contributed by atoms with Gasteiger partial charge < -0.3 is 9.64 Å². The van der Waals surface area contributed by atoms with Gasteiger partial charge in [-0.2, -0.15) is 0 Å². The van der Waals surface area contributed by atoms with Crippen molar-refractivity contribution in [1.29, 1.82) is 0 Å². The first kappa shape index (κ1) is 18.3. The minimum absolute atomic E-state index is 0.0364. The molecule has 0 bridgehead atoms. The van der Waals surface area contributed by atoms with E-state index < -0.39 is 19.2 Å². The van der Waals surface area contributed by atoms with Gasteiger partial charge in [0.25, 0.3) is 5.91 Å². The summed E-state index contributed by atoms with van der Waals surface area (Å²) in [6, 6.07) is -0.461. The number of ether oxygens (including phenoxy) is 1. The normalized spacial score (nSPS) is 23.7. The lowest BCUT2D eigenvalue weighted by molar-refractivity contribution is -0.242. The number of epoxide rings is 1. The lowest BCUT2D eigenvalue weighted by atomic mass is 10.0. The fraction of sp³-hybridized carbons (Fsp3) is 0.833. The van der Waals surface area contributed by atoms with Crippen LogP contribution in [0.3, 0.4) is 0 Å². The van der Waals surface area contributed by atoms with Gasteiger partial charge in [0.1, 0.15) is 5.54 Å². The molecular formula is C12H21N2O8P. The Kier molecular flexibility index (Phi) is 5.44. The Labute approximate surface area is 133 Å². The van der Waals surface area contributed by atoms with E-state index in [9.17, 15) is 14.2 Å². The number of hydrogen-bond donors (Lipinski definition) is 0. The molecule has 0 saturated carbocycles. The first-order valence-electron chi connectivity index (χ1n) is 7.04. The van der Waals surface area contributed by atoms with Crippen LogP contribution in [0.2, 0.25) is 0 Å². The SMILES string of the molecule is COOP(=O)(CCN1C(=O)N(CC2CO2)C(C)(C)C1=O)OOC. The third-order valence-electron chi connectivity index (χ3n) is 3.67. The zero-order valence-corrected chi connectivity index (χ0v) is 14.4. The summed E-state index contributed by atoms with van der Waals surface area (Å²) in [5.41, 5.74) is -0.989. The molecule has 3 amide bonds. The van der Waals surface area contributed by atoms with E-state index in [1.165, 1.54) is 4.90 Å². The molecule has 0 aromatic carbocycles. The maximum Gasteiger partial charge on any atom is 0.386 e.